The van der Waals surface area contributed by atoms with E-state index in [-0.39, 0.29) is 0 Å². The van der Waals surface area contributed by atoms with Gasteiger partial charge < -0.3 is 10.6 Å². The molecule has 0 heterocycles. The second kappa shape index (κ2) is 7.07. The molecule has 2 N–H and O–H groups in total. The lowest BCUT2D eigenvalue weighted by molar-refractivity contribution is 1.07. The summed E-state index contributed by atoms with van der Waals surface area (Å²) in [5, 5.41) is 8.62. The van der Waals surface area contributed by atoms with Crippen molar-refractivity contribution >= 4 is 46.2 Å². The summed E-state index contributed by atoms with van der Waals surface area (Å²) in [6, 6.07) is 11.2. The molecule has 0 amide bonds. The van der Waals surface area contributed by atoms with Crippen LogP contribution in [0.3, 0.4) is 0 Å². The van der Waals surface area contributed by atoms with Gasteiger partial charge >= 0.3 is 0 Å². The van der Waals surface area contributed by atoms with E-state index in [1.807, 2.05) is 37.3 Å². The fourth-order valence-corrected chi connectivity index (χ4v) is 2.48. The van der Waals surface area contributed by atoms with Gasteiger partial charge in [-0.05, 0) is 42.8 Å². The zero-order valence-electron chi connectivity index (χ0n) is 11.0. The van der Waals surface area contributed by atoms with Crippen LogP contribution < -0.4 is 10.6 Å². The van der Waals surface area contributed by atoms with E-state index >= 15 is 0 Å². The number of halogens is 3. The van der Waals surface area contributed by atoms with Crippen molar-refractivity contribution in [2.45, 2.75) is 6.92 Å². The summed E-state index contributed by atoms with van der Waals surface area (Å²) in [6.45, 7) is 3.50. The zero-order chi connectivity index (χ0) is 14.5. The van der Waals surface area contributed by atoms with Crippen LogP contribution >= 0.6 is 34.8 Å². The van der Waals surface area contributed by atoms with E-state index in [9.17, 15) is 0 Å². The Balaban J connectivity index is 1.86. The SMILES string of the molecule is Cc1c(Cl)cccc1NCCNc1ccc(Cl)cc1Cl. The number of benzene rings is 2. The van der Waals surface area contributed by atoms with Crippen molar-refractivity contribution in [1.29, 1.82) is 0 Å². The van der Waals surface area contributed by atoms with Gasteiger partial charge in [-0.2, -0.15) is 0 Å². The van der Waals surface area contributed by atoms with E-state index in [4.69, 9.17) is 34.8 Å². The molecule has 0 radical (unpaired) electrons. The summed E-state index contributed by atoms with van der Waals surface area (Å²) in [7, 11) is 0. The van der Waals surface area contributed by atoms with Crippen LogP contribution in [-0.2, 0) is 0 Å². The minimum atomic E-state index is 0.622. The molecule has 106 valence electrons. The summed E-state index contributed by atoms with van der Waals surface area (Å²) < 4.78 is 0. The van der Waals surface area contributed by atoms with E-state index in [0.717, 1.165) is 35.1 Å². The molecule has 20 heavy (non-hydrogen) atoms. The van der Waals surface area contributed by atoms with Crippen molar-refractivity contribution in [3.8, 4) is 0 Å². The maximum Gasteiger partial charge on any atom is 0.0652 e. The predicted octanol–water partition coefficient (Wildman–Crippen LogP) is 5.48. The minimum Gasteiger partial charge on any atom is -0.383 e. The highest BCUT2D eigenvalue weighted by molar-refractivity contribution is 6.36. The number of rotatable bonds is 5. The van der Waals surface area contributed by atoms with Gasteiger partial charge in [-0.15, -0.1) is 0 Å². The first-order chi connectivity index (χ1) is 9.58. The van der Waals surface area contributed by atoms with Crippen molar-refractivity contribution in [3.63, 3.8) is 0 Å². The number of hydrogen-bond acceptors (Lipinski definition) is 2. The lowest BCUT2D eigenvalue weighted by Gasteiger charge is -2.12. The van der Waals surface area contributed by atoms with Crippen LogP contribution in [0.5, 0.6) is 0 Å². The molecule has 0 aliphatic carbocycles. The van der Waals surface area contributed by atoms with Crippen molar-refractivity contribution in [1.82, 2.24) is 0 Å². The second-order valence-electron chi connectivity index (χ2n) is 4.39. The van der Waals surface area contributed by atoms with Crippen molar-refractivity contribution < 1.29 is 0 Å². The number of nitrogens with one attached hydrogen (secondary N) is 2. The summed E-state index contributed by atoms with van der Waals surface area (Å²) in [4.78, 5) is 0. The maximum atomic E-state index is 6.09. The van der Waals surface area contributed by atoms with Crippen LogP contribution in [0.2, 0.25) is 15.1 Å². The summed E-state index contributed by atoms with van der Waals surface area (Å²) in [5.74, 6) is 0. The Morgan fingerprint density at radius 1 is 0.850 bits per heavy atom. The Bertz CT molecular complexity index is 600. The lowest BCUT2D eigenvalue weighted by Crippen LogP contribution is -2.14. The van der Waals surface area contributed by atoms with Gasteiger partial charge in [-0.1, -0.05) is 40.9 Å². The molecule has 0 spiro atoms. The third-order valence-corrected chi connectivity index (χ3v) is 3.91. The molecular weight excluding hydrogens is 315 g/mol. The molecule has 0 bridgehead atoms. The second-order valence-corrected chi connectivity index (χ2v) is 5.64. The van der Waals surface area contributed by atoms with E-state index in [0.29, 0.717) is 10.0 Å². The van der Waals surface area contributed by atoms with Crippen LogP contribution in [0.15, 0.2) is 36.4 Å². The topological polar surface area (TPSA) is 24.1 Å². The Labute approximate surface area is 134 Å². The molecule has 0 aliphatic heterocycles. The molecule has 0 unspecified atom stereocenters. The van der Waals surface area contributed by atoms with Crippen LogP contribution in [0.1, 0.15) is 5.56 Å². The fourth-order valence-electron chi connectivity index (χ4n) is 1.83. The molecule has 0 fully saturated rings. The van der Waals surface area contributed by atoms with Gasteiger partial charge in [-0.3, -0.25) is 0 Å². The van der Waals surface area contributed by atoms with Crippen LogP contribution in [0, 0.1) is 6.92 Å². The van der Waals surface area contributed by atoms with Crippen LogP contribution in [-0.4, -0.2) is 13.1 Å². The molecule has 2 rings (SSSR count). The Kier molecular flexibility index (Phi) is 5.41. The zero-order valence-corrected chi connectivity index (χ0v) is 13.3. The third-order valence-electron chi connectivity index (χ3n) is 2.95. The Morgan fingerprint density at radius 2 is 1.55 bits per heavy atom. The lowest BCUT2D eigenvalue weighted by atomic mass is 10.2. The highest BCUT2D eigenvalue weighted by Crippen LogP contribution is 2.25. The molecule has 0 aliphatic rings. The van der Waals surface area contributed by atoms with Crippen molar-refractivity contribution in [3.05, 3.63) is 57.0 Å². The predicted molar refractivity (Wildman–Crippen MR) is 89.6 cm³/mol. The Hall–Kier alpha value is -1.09. The normalized spacial score (nSPS) is 10.4. The quantitative estimate of drug-likeness (QED) is 0.710. The molecular formula is C15H15Cl3N2. The first-order valence-corrected chi connectivity index (χ1v) is 7.39. The minimum absolute atomic E-state index is 0.622. The first-order valence-electron chi connectivity index (χ1n) is 6.26. The van der Waals surface area contributed by atoms with Gasteiger partial charge in [0, 0.05) is 28.8 Å². The number of anilines is 2. The molecule has 0 aromatic heterocycles. The van der Waals surface area contributed by atoms with E-state index in [1.54, 1.807) is 6.07 Å². The molecule has 2 aromatic carbocycles. The molecule has 2 aromatic rings. The standard InChI is InChI=1S/C15H15Cl3N2/c1-10-12(17)3-2-4-14(10)19-7-8-20-15-6-5-11(16)9-13(15)18/h2-6,9,19-20H,7-8H2,1H3. The van der Waals surface area contributed by atoms with Crippen LogP contribution in [0.4, 0.5) is 11.4 Å². The van der Waals surface area contributed by atoms with Crippen LogP contribution in [0.25, 0.3) is 0 Å². The first kappa shape index (κ1) is 15.3. The van der Waals surface area contributed by atoms with E-state index in [1.165, 1.54) is 0 Å². The Morgan fingerprint density at radius 3 is 2.25 bits per heavy atom. The van der Waals surface area contributed by atoms with E-state index < -0.39 is 0 Å². The third kappa shape index (κ3) is 3.95. The largest absolute Gasteiger partial charge is 0.383 e. The van der Waals surface area contributed by atoms with Gasteiger partial charge in [-0.25, -0.2) is 0 Å². The highest BCUT2D eigenvalue weighted by atomic mass is 35.5. The average Bonchev–Trinajstić information content (AvgIpc) is 2.41. The molecule has 0 atom stereocenters. The summed E-state index contributed by atoms with van der Waals surface area (Å²) in [5.41, 5.74) is 2.97. The molecule has 5 heteroatoms. The van der Waals surface area contributed by atoms with Crippen molar-refractivity contribution in [2.75, 3.05) is 23.7 Å². The summed E-state index contributed by atoms with van der Waals surface area (Å²) >= 11 is 18.0. The average molecular weight is 330 g/mol. The molecule has 0 saturated heterocycles. The van der Waals surface area contributed by atoms with Gasteiger partial charge in [0.1, 0.15) is 0 Å². The monoisotopic (exact) mass is 328 g/mol. The van der Waals surface area contributed by atoms with Gasteiger partial charge in [0.2, 0.25) is 0 Å². The van der Waals surface area contributed by atoms with E-state index in [2.05, 4.69) is 10.6 Å². The molecule has 2 nitrogen and oxygen atoms in total. The van der Waals surface area contributed by atoms with Gasteiger partial charge in [0.05, 0.1) is 10.7 Å². The maximum absolute atomic E-state index is 6.09. The highest BCUT2D eigenvalue weighted by Gasteiger charge is 2.02. The van der Waals surface area contributed by atoms with Gasteiger partial charge in [0.25, 0.3) is 0 Å². The summed E-state index contributed by atoms with van der Waals surface area (Å²) in [6.07, 6.45) is 0. The smallest absolute Gasteiger partial charge is 0.0652 e. The van der Waals surface area contributed by atoms with Gasteiger partial charge in [0.15, 0.2) is 0 Å². The molecule has 0 saturated carbocycles. The fraction of sp³-hybridized carbons (Fsp3) is 0.200. The number of hydrogen-bond donors (Lipinski definition) is 2. The van der Waals surface area contributed by atoms with Crippen molar-refractivity contribution in [2.24, 2.45) is 0 Å².